The third-order valence-corrected chi connectivity index (χ3v) is 4.80. The molecular formula is C21H30FN3O6. The Morgan fingerprint density at radius 1 is 1.10 bits per heavy atom. The van der Waals surface area contributed by atoms with Crippen LogP contribution < -0.4 is 0 Å². The van der Waals surface area contributed by atoms with Crippen LogP contribution in [-0.4, -0.2) is 69.7 Å². The van der Waals surface area contributed by atoms with E-state index in [9.17, 15) is 28.8 Å². The Hall–Kier alpha value is -2.70. The molecule has 0 unspecified atom stereocenters. The zero-order valence-corrected chi connectivity index (χ0v) is 18.8. The molecule has 0 N–H and O–H groups in total. The SMILES string of the molecule is CC(C)(C)OC(=O)C[C@@H]1C[C@@H](C(=O)N2C[C@@H](F)C[C@H]2C#N)N(C(=O)OC(C)(C)C)C1=O. The van der Waals surface area contributed by atoms with Crippen molar-refractivity contribution in [1.29, 1.82) is 5.26 Å². The fraction of sp³-hybridized carbons (Fsp3) is 0.762. The second-order valence-electron chi connectivity index (χ2n) is 9.90. The molecule has 2 fully saturated rings. The number of carbonyl (C=O) groups excluding carboxylic acids is 4. The number of rotatable bonds is 3. The van der Waals surface area contributed by atoms with Crippen molar-refractivity contribution < 1.29 is 33.0 Å². The Bertz CT molecular complexity index is 794. The van der Waals surface area contributed by atoms with Crippen molar-refractivity contribution in [2.24, 2.45) is 5.92 Å². The van der Waals surface area contributed by atoms with E-state index < -0.39 is 59.3 Å². The van der Waals surface area contributed by atoms with Crippen LogP contribution in [0.3, 0.4) is 0 Å². The number of imide groups is 1. The number of halogens is 1. The number of nitrogens with zero attached hydrogens (tertiary/aromatic N) is 3. The van der Waals surface area contributed by atoms with Gasteiger partial charge in [0.25, 0.3) is 0 Å². The first-order chi connectivity index (χ1) is 14.1. The summed E-state index contributed by atoms with van der Waals surface area (Å²) >= 11 is 0. The van der Waals surface area contributed by atoms with E-state index >= 15 is 0 Å². The van der Waals surface area contributed by atoms with Crippen LogP contribution in [0.1, 0.15) is 60.8 Å². The van der Waals surface area contributed by atoms with E-state index in [0.29, 0.717) is 4.90 Å². The van der Waals surface area contributed by atoms with Crippen LogP contribution in [0.5, 0.6) is 0 Å². The molecule has 2 rings (SSSR count). The molecule has 2 saturated heterocycles. The lowest BCUT2D eigenvalue weighted by Gasteiger charge is -2.29. The fourth-order valence-electron chi connectivity index (χ4n) is 3.66. The van der Waals surface area contributed by atoms with Gasteiger partial charge in [-0.3, -0.25) is 14.4 Å². The van der Waals surface area contributed by atoms with Crippen molar-refractivity contribution in [3.05, 3.63) is 0 Å². The summed E-state index contributed by atoms with van der Waals surface area (Å²) in [5.74, 6) is -3.05. The van der Waals surface area contributed by atoms with E-state index in [4.69, 9.17) is 9.47 Å². The molecule has 0 radical (unpaired) electrons. The molecule has 9 nitrogen and oxygen atoms in total. The maximum atomic E-state index is 13.8. The Balaban J connectivity index is 2.28. The van der Waals surface area contributed by atoms with Crippen molar-refractivity contribution in [3.8, 4) is 6.07 Å². The van der Waals surface area contributed by atoms with Gasteiger partial charge >= 0.3 is 12.1 Å². The third kappa shape index (κ3) is 6.15. The van der Waals surface area contributed by atoms with E-state index in [1.165, 1.54) is 0 Å². The zero-order valence-electron chi connectivity index (χ0n) is 18.8. The first-order valence-corrected chi connectivity index (χ1v) is 10.2. The largest absolute Gasteiger partial charge is 0.460 e. The van der Waals surface area contributed by atoms with Crippen LogP contribution >= 0.6 is 0 Å². The van der Waals surface area contributed by atoms with Gasteiger partial charge in [-0.1, -0.05) is 0 Å². The molecule has 0 saturated carbocycles. The molecule has 0 aliphatic carbocycles. The van der Waals surface area contributed by atoms with Crippen molar-refractivity contribution in [3.63, 3.8) is 0 Å². The summed E-state index contributed by atoms with van der Waals surface area (Å²) in [6, 6.07) is -0.382. The summed E-state index contributed by atoms with van der Waals surface area (Å²) < 4.78 is 24.4. The van der Waals surface area contributed by atoms with Crippen LogP contribution in [0, 0.1) is 17.2 Å². The van der Waals surface area contributed by atoms with Crippen molar-refractivity contribution in [1.82, 2.24) is 9.80 Å². The van der Waals surface area contributed by atoms with Gasteiger partial charge in [0.05, 0.1) is 25.0 Å². The summed E-state index contributed by atoms with van der Waals surface area (Å²) in [6.07, 6.45) is -2.96. The monoisotopic (exact) mass is 439 g/mol. The average Bonchev–Trinajstić information content (AvgIpc) is 3.11. The summed E-state index contributed by atoms with van der Waals surface area (Å²) in [7, 11) is 0. The topological polar surface area (TPSA) is 117 Å². The van der Waals surface area contributed by atoms with Gasteiger partial charge in [0.15, 0.2) is 0 Å². The lowest BCUT2D eigenvalue weighted by molar-refractivity contribution is -0.157. The predicted octanol–water partition coefficient (Wildman–Crippen LogP) is 2.33. The lowest BCUT2D eigenvalue weighted by atomic mass is 10.0. The van der Waals surface area contributed by atoms with Crippen LogP contribution in [0.25, 0.3) is 0 Å². The number of hydrogen-bond acceptors (Lipinski definition) is 7. The minimum Gasteiger partial charge on any atom is -0.460 e. The third-order valence-electron chi connectivity index (χ3n) is 4.80. The number of alkyl halides is 1. The van der Waals surface area contributed by atoms with E-state index in [1.54, 1.807) is 41.5 Å². The lowest BCUT2D eigenvalue weighted by Crippen LogP contribution is -2.51. The number of amides is 3. The zero-order chi connectivity index (χ0) is 23.7. The molecule has 0 aromatic rings. The van der Waals surface area contributed by atoms with Crippen molar-refractivity contribution in [2.45, 2.75) is 90.3 Å². The normalized spacial score (nSPS) is 26.6. The minimum absolute atomic E-state index is 0.128. The van der Waals surface area contributed by atoms with Gasteiger partial charge in [0.1, 0.15) is 29.5 Å². The van der Waals surface area contributed by atoms with Crippen molar-refractivity contribution >= 4 is 23.9 Å². The number of carbonyl (C=O) groups is 4. The molecule has 0 spiro atoms. The number of likely N-dealkylation sites (tertiary alicyclic amines) is 2. The quantitative estimate of drug-likeness (QED) is 0.620. The Labute approximate surface area is 181 Å². The molecule has 31 heavy (non-hydrogen) atoms. The molecule has 2 heterocycles. The summed E-state index contributed by atoms with van der Waals surface area (Å²) in [4.78, 5) is 52.8. The maximum Gasteiger partial charge on any atom is 0.417 e. The molecular weight excluding hydrogens is 409 g/mol. The van der Waals surface area contributed by atoms with E-state index in [1.807, 2.05) is 6.07 Å². The highest BCUT2D eigenvalue weighted by Crippen LogP contribution is 2.33. The first kappa shape index (κ1) is 24.6. The summed E-state index contributed by atoms with van der Waals surface area (Å²) in [5.41, 5.74) is -1.69. The fourth-order valence-corrected chi connectivity index (χ4v) is 3.66. The molecule has 0 aromatic heterocycles. The molecule has 3 amide bonds. The molecule has 0 bridgehead atoms. The second kappa shape index (κ2) is 8.81. The van der Waals surface area contributed by atoms with Gasteiger partial charge in [-0.25, -0.2) is 14.1 Å². The van der Waals surface area contributed by atoms with E-state index in [0.717, 1.165) is 4.90 Å². The van der Waals surface area contributed by atoms with E-state index in [-0.39, 0.29) is 25.8 Å². The predicted molar refractivity (Wildman–Crippen MR) is 106 cm³/mol. The Morgan fingerprint density at radius 2 is 1.68 bits per heavy atom. The van der Waals surface area contributed by atoms with Gasteiger partial charge in [0, 0.05) is 6.42 Å². The molecule has 10 heteroatoms. The smallest absolute Gasteiger partial charge is 0.417 e. The average molecular weight is 439 g/mol. The Morgan fingerprint density at radius 3 is 2.19 bits per heavy atom. The van der Waals surface area contributed by atoms with Crippen LogP contribution in [0.15, 0.2) is 0 Å². The Kier molecular flexibility index (Phi) is 6.98. The summed E-state index contributed by atoms with van der Waals surface area (Å²) in [6.45, 7) is 9.60. The van der Waals surface area contributed by atoms with Gasteiger partial charge in [-0.15, -0.1) is 0 Å². The maximum absolute atomic E-state index is 13.8. The standard InChI is InChI=1S/C21H30FN3O6/c1-20(2,3)30-16(26)8-12-7-15(18(28)24-11-13(22)9-14(24)10-23)25(17(12)27)19(29)31-21(4,5)6/h12-15H,7-9,11H2,1-6H3/t12-,13-,14-,15-/m0/s1. The van der Waals surface area contributed by atoms with Crippen LogP contribution in [0.2, 0.25) is 0 Å². The van der Waals surface area contributed by atoms with Crippen molar-refractivity contribution in [2.75, 3.05) is 6.54 Å². The molecule has 2 aliphatic rings. The molecule has 2 aliphatic heterocycles. The highest BCUT2D eigenvalue weighted by atomic mass is 19.1. The minimum atomic E-state index is -1.36. The van der Waals surface area contributed by atoms with Gasteiger partial charge in [-0.05, 0) is 48.0 Å². The number of hydrogen-bond donors (Lipinski definition) is 0. The van der Waals surface area contributed by atoms with E-state index in [2.05, 4.69) is 0 Å². The highest BCUT2D eigenvalue weighted by molar-refractivity contribution is 6.03. The van der Waals surface area contributed by atoms with Gasteiger partial charge < -0.3 is 14.4 Å². The first-order valence-electron chi connectivity index (χ1n) is 10.2. The van der Waals surface area contributed by atoms with Crippen LogP contribution in [-0.2, 0) is 23.9 Å². The summed E-state index contributed by atoms with van der Waals surface area (Å²) in [5, 5.41) is 9.26. The number of ether oxygens (including phenoxy) is 2. The van der Waals surface area contributed by atoms with Gasteiger partial charge in [-0.2, -0.15) is 5.26 Å². The molecule has 172 valence electrons. The number of esters is 1. The molecule has 4 atom stereocenters. The van der Waals surface area contributed by atoms with Gasteiger partial charge in [0.2, 0.25) is 11.8 Å². The molecule has 0 aromatic carbocycles. The second-order valence-corrected chi connectivity index (χ2v) is 9.90. The van der Waals surface area contributed by atoms with Crippen LogP contribution in [0.4, 0.5) is 9.18 Å². The number of nitriles is 1. The highest BCUT2D eigenvalue weighted by Gasteiger charge is 2.51.